The van der Waals surface area contributed by atoms with Gasteiger partial charge in [-0.25, -0.2) is 0 Å². The SMILES string of the molecule is CC(=O)c1sc(I)cc1C. The summed E-state index contributed by atoms with van der Waals surface area (Å²) >= 11 is 3.79. The van der Waals surface area contributed by atoms with Crippen molar-refractivity contribution < 1.29 is 4.79 Å². The molecule has 1 aromatic rings. The maximum Gasteiger partial charge on any atom is 0.170 e. The van der Waals surface area contributed by atoms with Gasteiger partial charge in [0.15, 0.2) is 5.78 Å². The first-order valence-corrected chi connectivity index (χ1v) is 4.77. The average molecular weight is 266 g/mol. The van der Waals surface area contributed by atoms with Gasteiger partial charge in [-0.05, 0) is 48.1 Å². The van der Waals surface area contributed by atoms with Crippen molar-refractivity contribution in [2.75, 3.05) is 0 Å². The van der Waals surface area contributed by atoms with Crippen LogP contribution in [0.4, 0.5) is 0 Å². The summed E-state index contributed by atoms with van der Waals surface area (Å²) in [6.45, 7) is 3.57. The average Bonchev–Trinajstić information content (AvgIpc) is 2.10. The van der Waals surface area contributed by atoms with Crippen LogP contribution in [-0.4, -0.2) is 5.78 Å². The first-order valence-electron chi connectivity index (χ1n) is 2.88. The van der Waals surface area contributed by atoms with Crippen LogP contribution in [0.1, 0.15) is 22.2 Å². The Labute approximate surface area is 77.6 Å². The van der Waals surface area contributed by atoms with Gasteiger partial charge < -0.3 is 0 Å². The molecule has 0 fully saturated rings. The molecule has 0 saturated carbocycles. The van der Waals surface area contributed by atoms with Crippen LogP contribution in [0.15, 0.2) is 6.07 Å². The van der Waals surface area contributed by atoms with Crippen LogP contribution in [-0.2, 0) is 0 Å². The fourth-order valence-electron chi connectivity index (χ4n) is 0.793. The molecule has 0 spiro atoms. The van der Waals surface area contributed by atoms with Crippen molar-refractivity contribution in [1.29, 1.82) is 0 Å². The van der Waals surface area contributed by atoms with Crippen molar-refractivity contribution >= 4 is 39.7 Å². The van der Waals surface area contributed by atoms with Crippen molar-refractivity contribution in [1.82, 2.24) is 0 Å². The number of Topliss-reactive ketones (excluding diaryl/α,β-unsaturated/α-hetero) is 1. The molecule has 3 heteroatoms. The highest BCUT2D eigenvalue weighted by Crippen LogP contribution is 2.23. The van der Waals surface area contributed by atoms with Crippen LogP contribution in [0.5, 0.6) is 0 Å². The minimum absolute atomic E-state index is 0.172. The number of aryl methyl sites for hydroxylation is 1. The Kier molecular flexibility index (Phi) is 2.46. The second-order valence-corrected chi connectivity index (χ2v) is 5.07. The molecule has 54 valence electrons. The fraction of sp³-hybridized carbons (Fsp3) is 0.286. The Hall–Kier alpha value is 0.100. The van der Waals surface area contributed by atoms with Gasteiger partial charge in [-0.3, -0.25) is 4.79 Å². The van der Waals surface area contributed by atoms with E-state index in [-0.39, 0.29) is 5.78 Å². The number of hydrogen-bond acceptors (Lipinski definition) is 2. The van der Waals surface area contributed by atoms with E-state index in [9.17, 15) is 4.79 Å². The lowest BCUT2D eigenvalue weighted by Crippen LogP contribution is -1.87. The zero-order valence-electron chi connectivity index (χ0n) is 5.77. The van der Waals surface area contributed by atoms with E-state index < -0.39 is 0 Å². The molecule has 0 amide bonds. The molecule has 10 heavy (non-hydrogen) atoms. The van der Waals surface area contributed by atoms with Crippen LogP contribution in [0, 0.1) is 9.81 Å². The molecular weight excluding hydrogens is 259 g/mol. The maximum atomic E-state index is 10.9. The third-order valence-electron chi connectivity index (χ3n) is 1.21. The van der Waals surface area contributed by atoms with Gasteiger partial charge in [0.05, 0.1) is 7.76 Å². The van der Waals surface area contributed by atoms with Crippen LogP contribution >= 0.6 is 33.9 Å². The Bertz CT molecular complexity index is 265. The van der Waals surface area contributed by atoms with Crippen LogP contribution < -0.4 is 0 Å². The number of carbonyl (C=O) groups excluding carboxylic acids is 1. The van der Waals surface area contributed by atoms with E-state index >= 15 is 0 Å². The molecule has 0 aliphatic heterocycles. The minimum atomic E-state index is 0.172. The molecule has 0 bridgehead atoms. The fourth-order valence-corrected chi connectivity index (χ4v) is 2.71. The molecule has 0 atom stereocenters. The van der Waals surface area contributed by atoms with Crippen molar-refractivity contribution in [3.8, 4) is 0 Å². The van der Waals surface area contributed by atoms with Crippen molar-refractivity contribution in [2.45, 2.75) is 13.8 Å². The second-order valence-electron chi connectivity index (χ2n) is 2.12. The van der Waals surface area contributed by atoms with E-state index in [1.807, 2.05) is 13.0 Å². The number of halogens is 1. The molecule has 0 saturated heterocycles. The molecule has 1 heterocycles. The second kappa shape index (κ2) is 3.00. The van der Waals surface area contributed by atoms with E-state index in [2.05, 4.69) is 22.6 Å². The predicted molar refractivity (Wildman–Crippen MR) is 51.8 cm³/mol. The Morgan fingerprint density at radius 1 is 1.70 bits per heavy atom. The lowest BCUT2D eigenvalue weighted by atomic mass is 10.2. The van der Waals surface area contributed by atoms with Gasteiger partial charge in [-0.15, -0.1) is 11.3 Å². The molecule has 0 aliphatic rings. The molecular formula is C7H7IOS. The smallest absolute Gasteiger partial charge is 0.170 e. The van der Waals surface area contributed by atoms with Gasteiger partial charge in [0, 0.05) is 0 Å². The van der Waals surface area contributed by atoms with E-state index in [1.165, 1.54) is 2.88 Å². The third-order valence-corrected chi connectivity index (χ3v) is 3.31. The van der Waals surface area contributed by atoms with E-state index in [4.69, 9.17) is 0 Å². The summed E-state index contributed by atoms with van der Waals surface area (Å²) in [4.78, 5) is 11.8. The summed E-state index contributed by atoms with van der Waals surface area (Å²) < 4.78 is 1.18. The number of ketones is 1. The van der Waals surface area contributed by atoms with Gasteiger partial charge in [-0.1, -0.05) is 0 Å². The Balaban J connectivity index is 3.15. The summed E-state index contributed by atoms with van der Waals surface area (Å²) in [5, 5.41) is 0. The van der Waals surface area contributed by atoms with E-state index in [0.717, 1.165) is 10.4 Å². The normalized spacial score (nSPS) is 9.90. The first kappa shape index (κ1) is 8.20. The summed E-state index contributed by atoms with van der Waals surface area (Å²) in [6.07, 6.45) is 0. The highest BCUT2D eigenvalue weighted by molar-refractivity contribution is 14.1. The standard InChI is InChI=1S/C7H7IOS/c1-4-3-6(8)10-7(4)5(2)9/h3H,1-2H3. The molecule has 0 unspecified atom stereocenters. The molecule has 0 radical (unpaired) electrons. The van der Waals surface area contributed by atoms with Crippen molar-refractivity contribution in [2.24, 2.45) is 0 Å². The molecule has 1 aromatic heterocycles. The maximum absolute atomic E-state index is 10.9. The first-order chi connectivity index (χ1) is 4.61. The summed E-state index contributed by atoms with van der Waals surface area (Å²) in [5.41, 5.74) is 1.10. The highest BCUT2D eigenvalue weighted by atomic mass is 127. The van der Waals surface area contributed by atoms with Crippen molar-refractivity contribution in [3.63, 3.8) is 0 Å². The van der Waals surface area contributed by atoms with Gasteiger partial charge in [-0.2, -0.15) is 0 Å². The lowest BCUT2D eigenvalue weighted by Gasteiger charge is -1.87. The number of carbonyl (C=O) groups is 1. The van der Waals surface area contributed by atoms with Crippen LogP contribution in [0.25, 0.3) is 0 Å². The van der Waals surface area contributed by atoms with Crippen LogP contribution in [0.2, 0.25) is 0 Å². The zero-order valence-corrected chi connectivity index (χ0v) is 8.75. The van der Waals surface area contributed by atoms with Crippen LogP contribution in [0.3, 0.4) is 0 Å². The van der Waals surface area contributed by atoms with Gasteiger partial charge in [0.2, 0.25) is 0 Å². The number of hydrogen-bond donors (Lipinski definition) is 0. The topological polar surface area (TPSA) is 17.1 Å². The van der Waals surface area contributed by atoms with E-state index in [0.29, 0.717) is 0 Å². The predicted octanol–water partition coefficient (Wildman–Crippen LogP) is 2.86. The number of rotatable bonds is 1. The van der Waals surface area contributed by atoms with Gasteiger partial charge >= 0.3 is 0 Å². The largest absolute Gasteiger partial charge is 0.294 e. The Morgan fingerprint density at radius 2 is 2.30 bits per heavy atom. The van der Waals surface area contributed by atoms with Gasteiger partial charge in [0.25, 0.3) is 0 Å². The summed E-state index contributed by atoms with van der Waals surface area (Å²) in [7, 11) is 0. The minimum Gasteiger partial charge on any atom is -0.294 e. The lowest BCUT2D eigenvalue weighted by molar-refractivity contribution is 0.102. The molecule has 1 rings (SSSR count). The van der Waals surface area contributed by atoms with Gasteiger partial charge in [0.1, 0.15) is 0 Å². The monoisotopic (exact) mass is 266 g/mol. The van der Waals surface area contributed by atoms with E-state index in [1.54, 1.807) is 18.3 Å². The molecule has 0 aromatic carbocycles. The highest BCUT2D eigenvalue weighted by Gasteiger charge is 2.06. The molecule has 1 nitrogen and oxygen atoms in total. The van der Waals surface area contributed by atoms with Crippen molar-refractivity contribution in [3.05, 3.63) is 19.4 Å². The molecule has 0 aliphatic carbocycles. The quantitative estimate of drug-likeness (QED) is 0.564. The number of thiophene rings is 1. The summed E-state index contributed by atoms with van der Waals surface area (Å²) in [5.74, 6) is 0.172. The molecule has 0 N–H and O–H groups in total. The summed E-state index contributed by atoms with van der Waals surface area (Å²) in [6, 6.07) is 2.03. The zero-order chi connectivity index (χ0) is 7.72. The third kappa shape index (κ3) is 1.58. The Morgan fingerprint density at radius 3 is 2.50 bits per heavy atom.